The van der Waals surface area contributed by atoms with Crippen LogP contribution in [0.1, 0.15) is 21.5 Å². The van der Waals surface area contributed by atoms with Crippen molar-refractivity contribution in [2.45, 2.75) is 13.5 Å². The first kappa shape index (κ1) is 17.7. The van der Waals surface area contributed by atoms with Gasteiger partial charge in [0.2, 0.25) is 0 Å². The van der Waals surface area contributed by atoms with Gasteiger partial charge in [0.15, 0.2) is 0 Å². The lowest BCUT2D eigenvalue weighted by Crippen LogP contribution is -2.13. The van der Waals surface area contributed by atoms with Crippen molar-refractivity contribution in [3.63, 3.8) is 0 Å². The molecule has 0 atom stereocenters. The molecule has 1 aromatic heterocycles. The Morgan fingerprint density at radius 2 is 1.68 bits per heavy atom. The normalized spacial score (nSPS) is 10.6. The van der Waals surface area contributed by atoms with E-state index in [0.29, 0.717) is 5.56 Å². The molecule has 0 radical (unpaired) electrons. The second-order valence-electron chi connectivity index (χ2n) is 6.72. The Balaban J connectivity index is 1.59. The fraction of sp³-hybridized carbons (Fsp3) is 0.0833. The molecule has 0 saturated heterocycles. The molecule has 0 unspecified atom stereocenters. The van der Waals surface area contributed by atoms with Gasteiger partial charge in [-0.1, -0.05) is 60.7 Å². The number of nitrogens with one attached hydrogen (secondary N) is 1. The minimum atomic E-state index is -0.106. The molecule has 0 aliphatic rings. The van der Waals surface area contributed by atoms with Gasteiger partial charge in [0.25, 0.3) is 5.91 Å². The summed E-state index contributed by atoms with van der Waals surface area (Å²) in [7, 11) is 0. The Morgan fingerprint density at radius 1 is 0.929 bits per heavy atom. The molecule has 4 nitrogen and oxygen atoms in total. The summed E-state index contributed by atoms with van der Waals surface area (Å²) in [6.07, 6.45) is 3.72. The van der Waals surface area contributed by atoms with Crippen molar-refractivity contribution in [2.24, 2.45) is 0 Å². The largest absolute Gasteiger partial charge is 0.322 e. The van der Waals surface area contributed by atoms with Crippen LogP contribution in [-0.4, -0.2) is 15.7 Å². The van der Waals surface area contributed by atoms with E-state index in [1.807, 2.05) is 72.4 Å². The number of anilines is 1. The van der Waals surface area contributed by atoms with Gasteiger partial charge in [-0.2, -0.15) is 5.10 Å². The van der Waals surface area contributed by atoms with E-state index in [0.717, 1.165) is 34.5 Å². The summed E-state index contributed by atoms with van der Waals surface area (Å²) in [5.41, 5.74) is 5.62. The predicted octanol–water partition coefficient (Wildman–Crippen LogP) is 5.16. The summed E-state index contributed by atoms with van der Waals surface area (Å²) in [6.45, 7) is 2.71. The molecule has 0 bridgehead atoms. The number of rotatable bonds is 5. The van der Waals surface area contributed by atoms with Crippen LogP contribution in [0.4, 0.5) is 5.69 Å². The van der Waals surface area contributed by atoms with Crippen LogP contribution < -0.4 is 5.32 Å². The molecule has 0 saturated carbocycles. The Labute approximate surface area is 164 Å². The third-order valence-electron chi connectivity index (χ3n) is 4.73. The number of carbonyl (C=O) groups excluding carboxylic acids is 1. The first-order valence-electron chi connectivity index (χ1n) is 9.23. The summed E-state index contributed by atoms with van der Waals surface area (Å²) in [4.78, 5) is 12.9. The van der Waals surface area contributed by atoms with Crippen LogP contribution in [0.5, 0.6) is 0 Å². The number of benzene rings is 3. The topological polar surface area (TPSA) is 46.9 Å². The van der Waals surface area contributed by atoms with E-state index >= 15 is 0 Å². The lowest BCUT2D eigenvalue weighted by atomic mass is 9.98. The molecule has 138 valence electrons. The van der Waals surface area contributed by atoms with Gasteiger partial charge in [0, 0.05) is 23.6 Å². The van der Waals surface area contributed by atoms with Gasteiger partial charge >= 0.3 is 0 Å². The van der Waals surface area contributed by atoms with Crippen LogP contribution in [-0.2, 0) is 6.54 Å². The van der Waals surface area contributed by atoms with Crippen LogP contribution in [0.3, 0.4) is 0 Å². The summed E-state index contributed by atoms with van der Waals surface area (Å²) in [6, 6.07) is 25.7. The molecule has 28 heavy (non-hydrogen) atoms. The van der Waals surface area contributed by atoms with Gasteiger partial charge in [-0.15, -0.1) is 0 Å². The molecule has 0 aliphatic carbocycles. The van der Waals surface area contributed by atoms with Crippen LogP contribution in [0.15, 0.2) is 91.3 Å². The lowest BCUT2D eigenvalue weighted by Gasteiger charge is -2.12. The van der Waals surface area contributed by atoms with Crippen molar-refractivity contribution < 1.29 is 4.79 Å². The predicted molar refractivity (Wildman–Crippen MR) is 112 cm³/mol. The maximum absolute atomic E-state index is 12.9. The Hall–Kier alpha value is -3.66. The molecule has 3 aromatic carbocycles. The molecule has 1 amide bonds. The number of aryl methyl sites for hydroxylation is 1. The van der Waals surface area contributed by atoms with E-state index in [2.05, 4.69) is 34.7 Å². The Bertz CT molecular complexity index is 1080. The van der Waals surface area contributed by atoms with Gasteiger partial charge in [-0.3, -0.25) is 9.48 Å². The molecule has 0 aliphatic heterocycles. The molecular formula is C24H21N3O. The van der Waals surface area contributed by atoms with Crippen LogP contribution >= 0.6 is 0 Å². The molecule has 1 heterocycles. The zero-order valence-corrected chi connectivity index (χ0v) is 15.7. The Morgan fingerprint density at radius 3 is 2.43 bits per heavy atom. The summed E-state index contributed by atoms with van der Waals surface area (Å²) < 4.78 is 1.89. The third kappa shape index (κ3) is 3.86. The fourth-order valence-electron chi connectivity index (χ4n) is 3.21. The summed E-state index contributed by atoms with van der Waals surface area (Å²) in [5, 5.41) is 7.27. The van der Waals surface area contributed by atoms with E-state index in [-0.39, 0.29) is 5.91 Å². The molecule has 1 N–H and O–H groups in total. The average Bonchev–Trinajstić information content (AvgIpc) is 3.23. The molecule has 4 rings (SSSR count). The number of para-hydroxylation sites is 1. The molecule has 4 heteroatoms. The molecule has 4 aromatic rings. The second kappa shape index (κ2) is 7.92. The first-order chi connectivity index (χ1) is 13.7. The highest BCUT2D eigenvalue weighted by Crippen LogP contribution is 2.25. The quantitative estimate of drug-likeness (QED) is 0.530. The van der Waals surface area contributed by atoms with E-state index in [4.69, 9.17) is 0 Å². The highest BCUT2D eigenvalue weighted by atomic mass is 16.1. The maximum atomic E-state index is 12.9. The number of aromatic nitrogens is 2. The van der Waals surface area contributed by atoms with Crippen molar-refractivity contribution in [3.8, 4) is 11.1 Å². The van der Waals surface area contributed by atoms with Crippen molar-refractivity contribution in [1.82, 2.24) is 9.78 Å². The zero-order valence-electron chi connectivity index (χ0n) is 15.7. The summed E-state index contributed by atoms with van der Waals surface area (Å²) in [5.74, 6) is -0.106. The number of hydrogen-bond donors (Lipinski definition) is 1. The van der Waals surface area contributed by atoms with E-state index in [9.17, 15) is 4.79 Å². The van der Waals surface area contributed by atoms with Crippen LogP contribution in [0, 0.1) is 6.92 Å². The first-order valence-corrected chi connectivity index (χ1v) is 9.23. The molecule has 0 fully saturated rings. The van der Waals surface area contributed by atoms with Gasteiger partial charge in [-0.05, 0) is 47.4 Å². The maximum Gasteiger partial charge on any atom is 0.256 e. The van der Waals surface area contributed by atoms with Crippen molar-refractivity contribution >= 4 is 11.6 Å². The SMILES string of the molecule is Cc1ccccc1NC(=O)c1ccccc1-c1ccc(Cn2cccn2)cc1. The standard InChI is InChI=1S/C24H21N3O/c1-18-7-2-5-10-23(18)26-24(28)22-9-4-3-8-21(22)20-13-11-19(12-14-20)17-27-16-6-15-25-27/h2-16H,17H2,1H3,(H,26,28). The van der Waals surface area contributed by atoms with Crippen LogP contribution in [0.25, 0.3) is 11.1 Å². The minimum absolute atomic E-state index is 0.106. The van der Waals surface area contributed by atoms with Gasteiger partial charge in [0.1, 0.15) is 0 Å². The summed E-state index contributed by atoms with van der Waals surface area (Å²) >= 11 is 0. The number of nitrogens with zero attached hydrogens (tertiary/aromatic N) is 2. The smallest absolute Gasteiger partial charge is 0.256 e. The van der Waals surface area contributed by atoms with Crippen LogP contribution in [0.2, 0.25) is 0 Å². The number of carbonyl (C=O) groups is 1. The molecular weight excluding hydrogens is 346 g/mol. The number of hydrogen-bond acceptors (Lipinski definition) is 2. The second-order valence-corrected chi connectivity index (χ2v) is 6.72. The highest BCUT2D eigenvalue weighted by molar-refractivity contribution is 6.09. The van der Waals surface area contributed by atoms with E-state index < -0.39 is 0 Å². The monoisotopic (exact) mass is 367 g/mol. The van der Waals surface area contributed by atoms with Gasteiger partial charge in [0.05, 0.1) is 6.54 Å². The zero-order chi connectivity index (χ0) is 19.3. The highest BCUT2D eigenvalue weighted by Gasteiger charge is 2.13. The van der Waals surface area contributed by atoms with Gasteiger partial charge in [-0.25, -0.2) is 0 Å². The minimum Gasteiger partial charge on any atom is -0.322 e. The molecule has 0 spiro atoms. The van der Waals surface area contributed by atoms with Crippen molar-refractivity contribution in [3.05, 3.63) is 108 Å². The Kier molecular flexibility index (Phi) is 5.02. The van der Waals surface area contributed by atoms with Crippen molar-refractivity contribution in [2.75, 3.05) is 5.32 Å². The third-order valence-corrected chi connectivity index (χ3v) is 4.73. The lowest BCUT2D eigenvalue weighted by molar-refractivity contribution is 0.102. The fourth-order valence-corrected chi connectivity index (χ4v) is 3.21. The van der Waals surface area contributed by atoms with Crippen molar-refractivity contribution in [1.29, 1.82) is 0 Å². The average molecular weight is 367 g/mol. The van der Waals surface area contributed by atoms with E-state index in [1.54, 1.807) is 6.20 Å². The number of amides is 1. The van der Waals surface area contributed by atoms with E-state index in [1.165, 1.54) is 0 Å². The van der Waals surface area contributed by atoms with Gasteiger partial charge < -0.3 is 5.32 Å².